The van der Waals surface area contributed by atoms with Gasteiger partial charge in [0.25, 0.3) is 10.2 Å². The van der Waals surface area contributed by atoms with Crippen LogP contribution in [0.3, 0.4) is 0 Å². The molecular weight excluding hydrogens is 400 g/mol. The topological polar surface area (TPSA) is 73.0 Å². The van der Waals surface area contributed by atoms with Crippen molar-refractivity contribution >= 4 is 21.8 Å². The Morgan fingerprint density at radius 3 is 2.33 bits per heavy atom. The zero-order chi connectivity index (χ0) is 21.9. The fourth-order valence-corrected chi connectivity index (χ4v) is 5.44. The van der Waals surface area contributed by atoms with Crippen LogP contribution in [0.25, 0.3) is 0 Å². The molecule has 30 heavy (non-hydrogen) atoms. The molecule has 2 aliphatic rings. The number of rotatable bonds is 6. The number of benzene rings is 1. The summed E-state index contributed by atoms with van der Waals surface area (Å²) in [5, 5.41) is 3.08. The maximum Gasteiger partial charge on any atom is 0.281 e. The second kappa shape index (κ2) is 9.66. The number of piperidine rings is 2. The minimum Gasteiger partial charge on any atom is -0.372 e. The number of nitrogens with zero attached hydrogens (tertiary/aromatic N) is 3. The van der Waals surface area contributed by atoms with Gasteiger partial charge in [0.15, 0.2) is 0 Å². The number of anilines is 1. The molecule has 2 atom stereocenters. The molecule has 2 saturated heterocycles. The van der Waals surface area contributed by atoms with Gasteiger partial charge >= 0.3 is 0 Å². The van der Waals surface area contributed by atoms with E-state index in [0.717, 1.165) is 24.6 Å². The van der Waals surface area contributed by atoms with Gasteiger partial charge < -0.3 is 10.2 Å². The number of hydrogen-bond acceptors (Lipinski definition) is 4. The van der Waals surface area contributed by atoms with Crippen molar-refractivity contribution < 1.29 is 13.2 Å². The van der Waals surface area contributed by atoms with E-state index in [1.807, 2.05) is 6.92 Å². The van der Waals surface area contributed by atoms with E-state index in [0.29, 0.717) is 19.4 Å². The van der Waals surface area contributed by atoms with Gasteiger partial charge in [0.1, 0.15) is 0 Å². The fourth-order valence-electron chi connectivity index (χ4n) is 4.25. The Kier molecular flexibility index (Phi) is 7.42. The molecule has 1 N–H and O–H groups in total. The van der Waals surface area contributed by atoms with Crippen molar-refractivity contribution in [3.8, 4) is 0 Å². The van der Waals surface area contributed by atoms with Gasteiger partial charge in [-0.3, -0.25) is 4.79 Å². The number of nitrogens with one attached hydrogen (secondary N) is 1. The first-order chi connectivity index (χ1) is 14.2. The van der Waals surface area contributed by atoms with Crippen LogP contribution in [0.15, 0.2) is 24.3 Å². The smallest absolute Gasteiger partial charge is 0.281 e. The van der Waals surface area contributed by atoms with Crippen LogP contribution in [-0.4, -0.2) is 63.2 Å². The minimum atomic E-state index is -3.48. The Balaban J connectivity index is 1.57. The quantitative estimate of drug-likeness (QED) is 0.744. The van der Waals surface area contributed by atoms with Crippen molar-refractivity contribution in [3.05, 3.63) is 29.8 Å². The Labute approximate surface area is 181 Å². The molecule has 2 heterocycles. The predicted octanol–water partition coefficient (Wildman–Crippen LogP) is 2.62. The largest absolute Gasteiger partial charge is 0.372 e. The first-order valence-corrected chi connectivity index (χ1v) is 12.4. The minimum absolute atomic E-state index is 0.0738. The summed E-state index contributed by atoms with van der Waals surface area (Å²) in [6, 6.07) is 8.33. The molecule has 3 rings (SSSR count). The molecule has 168 valence electrons. The van der Waals surface area contributed by atoms with Crippen molar-refractivity contribution in [2.75, 3.05) is 45.2 Å². The van der Waals surface area contributed by atoms with E-state index in [4.69, 9.17) is 0 Å². The van der Waals surface area contributed by atoms with E-state index in [2.05, 4.69) is 41.4 Å². The standard InChI is InChI=1S/C22H36N4O3S/c1-17-11-14-25(15-12-17)21-9-7-19(8-10-21)18(2)23-22(27)20-6-5-13-26(16-20)30(28,29)24(3)4/h7-10,17-18,20H,5-6,11-16H2,1-4H3,(H,23,27)/t18-,20-/m0/s1. The lowest BCUT2D eigenvalue weighted by Crippen LogP contribution is -2.49. The van der Waals surface area contributed by atoms with Crippen LogP contribution >= 0.6 is 0 Å². The molecule has 0 spiro atoms. The number of carbonyl (C=O) groups excluding carboxylic acids is 1. The summed E-state index contributed by atoms with van der Waals surface area (Å²) in [5.41, 5.74) is 2.30. The van der Waals surface area contributed by atoms with Crippen molar-refractivity contribution in [2.45, 2.75) is 45.6 Å². The summed E-state index contributed by atoms with van der Waals surface area (Å²) in [7, 11) is -0.438. The lowest BCUT2D eigenvalue weighted by Gasteiger charge is -2.33. The summed E-state index contributed by atoms with van der Waals surface area (Å²) >= 11 is 0. The average Bonchev–Trinajstić information content (AvgIpc) is 2.74. The fraction of sp³-hybridized carbons (Fsp3) is 0.682. The van der Waals surface area contributed by atoms with E-state index in [1.54, 1.807) is 0 Å². The van der Waals surface area contributed by atoms with Crippen molar-refractivity contribution in [1.29, 1.82) is 0 Å². The maximum atomic E-state index is 12.8. The molecule has 0 unspecified atom stereocenters. The zero-order valence-electron chi connectivity index (χ0n) is 18.7. The molecule has 2 fully saturated rings. The molecule has 8 heteroatoms. The molecule has 0 saturated carbocycles. The molecule has 0 aliphatic carbocycles. The normalized spacial score (nSPS) is 22.8. The van der Waals surface area contributed by atoms with Crippen molar-refractivity contribution in [1.82, 2.24) is 13.9 Å². The third kappa shape index (κ3) is 5.34. The lowest BCUT2D eigenvalue weighted by atomic mass is 9.97. The Morgan fingerprint density at radius 1 is 1.10 bits per heavy atom. The molecule has 1 aromatic carbocycles. The Morgan fingerprint density at radius 2 is 1.73 bits per heavy atom. The van der Waals surface area contributed by atoms with Gasteiger partial charge in [-0.2, -0.15) is 17.0 Å². The van der Waals surface area contributed by atoms with E-state index in [1.165, 1.54) is 41.2 Å². The zero-order valence-corrected chi connectivity index (χ0v) is 19.5. The van der Waals surface area contributed by atoms with Crippen LogP contribution in [0, 0.1) is 11.8 Å². The molecule has 2 aliphatic heterocycles. The van der Waals surface area contributed by atoms with Crippen LogP contribution < -0.4 is 10.2 Å². The predicted molar refractivity (Wildman–Crippen MR) is 121 cm³/mol. The van der Waals surface area contributed by atoms with Gasteiger partial charge in [-0.1, -0.05) is 19.1 Å². The summed E-state index contributed by atoms with van der Waals surface area (Å²) < 4.78 is 27.4. The first kappa shape index (κ1) is 23.0. The van der Waals surface area contributed by atoms with Crippen LogP contribution in [0.1, 0.15) is 51.1 Å². The molecule has 0 bridgehead atoms. The average molecular weight is 437 g/mol. The highest BCUT2D eigenvalue weighted by Crippen LogP contribution is 2.25. The summed E-state index contributed by atoms with van der Waals surface area (Å²) in [4.78, 5) is 15.2. The second-order valence-corrected chi connectivity index (χ2v) is 11.1. The van der Waals surface area contributed by atoms with Gasteiger partial charge in [0, 0.05) is 46.0 Å². The van der Waals surface area contributed by atoms with Gasteiger partial charge in [-0.05, 0) is 56.2 Å². The lowest BCUT2D eigenvalue weighted by molar-refractivity contribution is -0.126. The molecule has 0 radical (unpaired) electrons. The number of amides is 1. The summed E-state index contributed by atoms with van der Waals surface area (Å²) in [6.45, 7) is 7.20. The first-order valence-electron chi connectivity index (χ1n) is 11.0. The third-order valence-corrected chi connectivity index (χ3v) is 8.35. The summed E-state index contributed by atoms with van der Waals surface area (Å²) in [6.07, 6.45) is 3.87. The SMILES string of the molecule is CC1CCN(c2ccc([C@H](C)NC(=O)[C@H]3CCCN(S(=O)(=O)N(C)C)C3)cc2)CC1. The number of carbonyl (C=O) groups is 1. The molecule has 1 aromatic rings. The van der Waals surface area contributed by atoms with Crippen molar-refractivity contribution in [3.63, 3.8) is 0 Å². The van der Waals surface area contributed by atoms with Gasteiger partial charge in [0.2, 0.25) is 5.91 Å². The van der Waals surface area contributed by atoms with Crippen LogP contribution in [-0.2, 0) is 15.0 Å². The number of hydrogen-bond donors (Lipinski definition) is 1. The second-order valence-electron chi connectivity index (χ2n) is 8.98. The van der Waals surface area contributed by atoms with Crippen LogP contribution in [0.5, 0.6) is 0 Å². The van der Waals surface area contributed by atoms with Crippen molar-refractivity contribution in [2.24, 2.45) is 11.8 Å². The highest BCUT2D eigenvalue weighted by atomic mass is 32.2. The molecule has 0 aromatic heterocycles. The maximum absolute atomic E-state index is 12.8. The van der Waals surface area contributed by atoms with E-state index in [9.17, 15) is 13.2 Å². The van der Waals surface area contributed by atoms with Gasteiger partial charge in [-0.25, -0.2) is 0 Å². The highest BCUT2D eigenvalue weighted by molar-refractivity contribution is 7.86. The molecule has 1 amide bonds. The van der Waals surface area contributed by atoms with Crippen LogP contribution in [0.2, 0.25) is 0 Å². The molecule has 7 nitrogen and oxygen atoms in total. The van der Waals surface area contributed by atoms with Gasteiger partial charge in [0.05, 0.1) is 12.0 Å². The van der Waals surface area contributed by atoms with E-state index >= 15 is 0 Å². The van der Waals surface area contributed by atoms with Gasteiger partial charge in [-0.15, -0.1) is 0 Å². The monoisotopic (exact) mass is 436 g/mol. The van der Waals surface area contributed by atoms with E-state index in [-0.39, 0.29) is 24.4 Å². The van der Waals surface area contributed by atoms with E-state index < -0.39 is 10.2 Å². The Hall–Kier alpha value is -1.64. The Bertz CT molecular complexity index is 817. The third-order valence-electron chi connectivity index (χ3n) is 6.44. The summed E-state index contributed by atoms with van der Waals surface area (Å²) in [5.74, 6) is 0.417. The van der Waals surface area contributed by atoms with Crippen LogP contribution in [0.4, 0.5) is 5.69 Å². The molecular formula is C22H36N4O3S. The highest BCUT2D eigenvalue weighted by Gasteiger charge is 2.33.